The highest BCUT2D eigenvalue weighted by Gasteiger charge is 2.10. The first-order valence-corrected chi connectivity index (χ1v) is 9.74. The van der Waals surface area contributed by atoms with Crippen molar-refractivity contribution >= 4 is 10.0 Å². The van der Waals surface area contributed by atoms with Crippen molar-refractivity contribution in [3.05, 3.63) is 72.6 Å². The lowest BCUT2D eigenvalue weighted by molar-refractivity contribution is 0.561. The maximum absolute atomic E-state index is 12.1. The smallest absolute Gasteiger partial charge is 0.211 e. The Kier molecular flexibility index (Phi) is 5.57. The molecule has 0 unspecified atom stereocenters. The number of rotatable bonds is 8. The van der Waals surface area contributed by atoms with Gasteiger partial charge in [0, 0.05) is 18.9 Å². The molecule has 2 heterocycles. The van der Waals surface area contributed by atoms with Crippen LogP contribution in [-0.4, -0.2) is 35.5 Å². The summed E-state index contributed by atoms with van der Waals surface area (Å²) in [5.41, 5.74) is 2.58. The summed E-state index contributed by atoms with van der Waals surface area (Å²) in [6, 6.07) is 17.1. The summed E-state index contributed by atoms with van der Waals surface area (Å²) in [6.45, 7) is 0.776. The molecular weight excluding hydrogens is 336 g/mol. The minimum Gasteiger partial charge on any atom is -0.271 e. The van der Waals surface area contributed by atoms with Crippen molar-refractivity contribution < 1.29 is 8.42 Å². The molecule has 0 bridgehead atoms. The first-order chi connectivity index (χ1) is 12.1. The average Bonchev–Trinajstić information content (AvgIpc) is 3.11. The molecule has 0 aliphatic heterocycles. The maximum Gasteiger partial charge on any atom is 0.211 e. The van der Waals surface area contributed by atoms with Gasteiger partial charge in [0.05, 0.1) is 18.0 Å². The monoisotopic (exact) mass is 356 g/mol. The van der Waals surface area contributed by atoms with E-state index in [1.165, 1.54) is 0 Å². The number of hydrogen-bond donors (Lipinski definition) is 1. The molecule has 2 aromatic heterocycles. The van der Waals surface area contributed by atoms with E-state index in [1.807, 2.05) is 60.8 Å². The zero-order chi connectivity index (χ0) is 17.5. The molecule has 0 amide bonds. The molecule has 1 aromatic carbocycles. The van der Waals surface area contributed by atoms with Crippen LogP contribution in [0, 0.1) is 0 Å². The van der Waals surface area contributed by atoms with Crippen molar-refractivity contribution in [3.8, 4) is 11.4 Å². The van der Waals surface area contributed by atoms with Gasteiger partial charge in [-0.25, -0.2) is 13.1 Å². The number of pyridine rings is 1. The predicted molar refractivity (Wildman–Crippen MR) is 97.4 cm³/mol. The van der Waals surface area contributed by atoms with Crippen LogP contribution in [0.1, 0.15) is 5.56 Å². The molecule has 7 heteroatoms. The molecule has 0 aliphatic rings. The van der Waals surface area contributed by atoms with Gasteiger partial charge in [-0.1, -0.05) is 36.4 Å². The molecular formula is C18H20N4O2S. The molecule has 0 saturated carbocycles. The second-order valence-corrected chi connectivity index (χ2v) is 7.55. The molecule has 0 aliphatic carbocycles. The van der Waals surface area contributed by atoms with E-state index in [1.54, 1.807) is 10.9 Å². The normalized spacial score (nSPS) is 11.5. The van der Waals surface area contributed by atoms with Gasteiger partial charge in [-0.15, -0.1) is 0 Å². The highest BCUT2D eigenvalue weighted by molar-refractivity contribution is 7.89. The van der Waals surface area contributed by atoms with Crippen LogP contribution in [0.3, 0.4) is 0 Å². The van der Waals surface area contributed by atoms with Crippen LogP contribution in [0.2, 0.25) is 0 Å². The topological polar surface area (TPSA) is 76.9 Å². The Hall–Kier alpha value is -2.51. The molecule has 130 valence electrons. The van der Waals surface area contributed by atoms with Gasteiger partial charge in [0.15, 0.2) is 0 Å². The van der Waals surface area contributed by atoms with E-state index in [0.717, 1.165) is 17.0 Å². The molecule has 3 rings (SSSR count). The van der Waals surface area contributed by atoms with E-state index in [-0.39, 0.29) is 5.75 Å². The lowest BCUT2D eigenvalue weighted by atomic mass is 10.2. The van der Waals surface area contributed by atoms with Crippen LogP contribution in [0.5, 0.6) is 0 Å². The number of hydrogen-bond acceptors (Lipinski definition) is 4. The average molecular weight is 356 g/mol. The molecule has 0 spiro atoms. The summed E-state index contributed by atoms with van der Waals surface area (Å²) in [5.74, 6) is 0.0787. The van der Waals surface area contributed by atoms with E-state index in [2.05, 4.69) is 14.8 Å². The third kappa shape index (κ3) is 5.23. The molecule has 25 heavy (non-hydrogen) atoms. The summed E-state index contributed by atoms with van der Waals surface area (Å²) in [4.78, 5) is 4.25. The fourth-order valence-electron chi connectivity index (χ4n) is 2.42. The van der Waals surface area contributed by atoms with Gasteiger partial charge >= 0.3 is 0 Å². The van der Waals surface area contributed by atoms with Crippen molar-refractivity contribution in [2.45, 2.75) is 13.0 Å². The van der Waals surface area contributed by atoms with E-state index in [9.17, 15) is 8.42 Å². The third-order valence-corrected chi connectivity index (χ3v) is 5.12. The van der Waals surface area contributed by atoms with Gasteiger partial charge in [-0.2, -0.15) is 5.10 Å². The Balaban J connectivity index is 1.48. The minimum atomic E-state index is -3.30. The highest BCUT2D eigenvalue weighted by atomic mass is 32.2. The van der Waals surface area contributed by atoms with Crippen molar-refractivity contribution in [3.63, 3.8) is 0 Å². The molecule has 0 radical (unpaired) electrons. The van der Waals surface area contributed by atoms with Gasteiger partial charge in [-0.3, -0.25) is 9.67 Å². The number of aromatic nitrogens is 3. The van der Waals surface area contributed by atoms with Gasteiger partial charge in [0.25, 0.3) is 0 Å². The zero-order valence-corrected chi connectivity index (χ0v) is 14.6. The van der Waals surface area contributed by atoms with Gasteiger partial charge < -0.3 is 0 Å². The lowest BCUT2D eigenvalue weighted by Crippen LogP contribution is -2.30. The van der Waals surface area contributed by atoms with Crippen LogP contribution in [0.4, 0.5) is 0 Å². The van der Waals surface area contributed by atoms with Crippen LogP contribution in [-0.2, 0) is 23.0 Å². The van der Waals surface area contributed by atoms with Crippen LogP contribution < -0.4 is 4.72 Å². The molecule has 0 fully saturated rings. The van der Waals surface area contributed by atoms with Crippen molar-refractivity contribution in [2.24, 2.45) is 0 Å². The Labute approximate surface area is 147 Å². The van der Waals surface area contributed by atoms with E-state index in [4.69, 9.17) is 0 Å². The summed E-state index contributed by atoms with van der Waals surface area (Å²) >= 11 is 0. The van der Waals surface area contributed by atoms with Gasteiger partial charge in [0.2, 0.25) is 10.0 Å². The lowest BCUT2D eigenvalue weighted by Gasteiger charge is -2.07. The molecule has 0 saturated heterocycles. The van der Waals surface area contributed by atoms with E-state index >= 15 is 0 Å². The number of nitrogens with zero attached hydrogens (tertiary/aromatic N) is 3. The molecule has 0 atom stereocenters. The predicted octanol–water partition coefficient (Wildman–Crippen LogP) is 2.11. The standard InChI is InChI=1S/C18H20N4O2S/c23-25(24,15-10-16-6-2-1-3-7-16)20-12-14-22-13-9-18(21-22)17-8-4-5-11-19-17/h1-9,11,13,20H,10,12,14-15H2. The summed E-state index contributed by atoms with van der Waals surface area (Å²) in [7, 11) is -3.30. The van der Waals surface area contributed by atoms with Gasteiger partial charge in [0.1, 0.15) is 5.69 Å². The van der Waals surface area contributed by atoms with E-state index < -0.39 is 10.0 Å². The largest absolute Gasteiger partial charge is 0.271 e. The summed E-state index contributed by atoms with van der Waals surface area (Å²) in [6.07, 6.45) is 4.04. The van der Waals surface area contributed by atoms with Crippen molar-refractivity contribution in [1.29, 1.82) is 0 Å². The quantitative estimate of drug-likeness (QED) is 0.671. The van der Waals surface area contributed by atoms with Gasteiger partial charge in [-0.05, 0) is 30.2 Å². The second-order valence-electron chi connectivity index (χ2n) is 5.63. The number of nitrogens with one attached hydrogen (secondary N) is 1. The number of benzene rings is 1. The van der Waals surface area contributed by atoms with E-state index in [0.29, 0.717) is 19.5 Å². The van der Waals surface area contributed by atoms with Crippen LogP contribution in [0.15, 0.2) is 67.0 Å². The SMILES string of the molecule is O=S(=O)(CCc1ccccc1)NCCn1ccc(-c2ccccn2)n1. The Morgan fingerprint density at radius 2 is 1.76 bits per heavy atom. The third-order valence-electron chi connectivity index (χ3n) is 3.73. The molecule has 3 aromatic rings. The summed E-state index contributed by atoms with van der Waals surface area (Å²) < 4.78 is 28.5. The Morgan fingerprint density at radius 1 is 0.960 bits per heavy atom. The molecule has 6 nitrogen and oxygen atoms in total. The number of sulfonamides is 1. The zero-order valence-electron chi connectivity index (χ0n) is 13.7. The highest BCUT2D eigenvalue weighted by Crippen LogP contribution is 2.12. The minimum absolute atomic E-state index is 0.0787. The second kappa shape index (κ2) is 8.04. The summed E-state index contributed by atoms with van der Waals surface area (Å²) in [5, 5.41) is 4.41. The van der Waals surface area contributed by atoms with Crippen molar-refractivity contribution in [1.82, 2.24) is 19.5 Å². The number of aryl methyl sites for hydroxylation is 1. The first kappa shape index (κ1) is 17.3. The first-order valence-electron chi connectivity index (χ1n) is 8.08. The van der Waals surface area contributed by atoms with Crippen molar-refractivity contribution in [2.75, 3.05) is 12.3 Å². The van der Waals surface area contributed by atoms with Crippen LogP contribution in [0.25, 0.3) is 11.4 Å². The Bertz CT molecular complexity index is 893. The maximum atomic E-state index is 12.1. The van der Waals surface area contributed by atoms with Crippen LogP contribution >= 0.6 is 0 Å². The Morgan fingerprint density at radius 3 is 2.52 bits per heavy atom. The molecule has 1 N–H and O–H groups in total. The fraction of sp³-hybridized carbons (Fsp3) is 0.222. The fourth-order valence-corrected chi connectivity index (χ4v) is 3.47.